The van der Waals surface area contributed by atoms with Crippen LogP contribution in [0.25, 0.3) is 0 Å². The summed E-state index contributed by atoms with van der Waals surface area (Å²) in [5, 5.41) is 4.26. The molecule has 0 fully saturated rings. The Balaban J connectivity index is 1.82. The average molecular weight is 361 g/mol. The minimum Gasteiger partial charge on any atom is -0.492 e. The molecule has 0 saturated carbocycles. The number of benzene rings is 2. The van der Waals surface area contributed by atoms with Gasteiger partial charge >= 0.3 is 0 Å². The first-order valence-corrected chi connectivity index (χ1v) is 7.28. The molecular weight excluding hydrogens is 349 g/mol. The van der Waals surface area contributed by atoms with Crippen LogP contribution in [0.1, 0.15) is 0 Å². The number of nitrogens with one attached hydrogen (secondary N) is 1. The Morgan fingerprint density at radius 1 is 1.11 bits per heavy atom. The van der Waals surface area contributed by atoms with Crippen LogP contribution in [0.5, 0.6) is 5.75 Å². The summed E-state index contributed by atoms with van der Waals surface area (Å²) in [6, 6.07) is 13.2. The van der Waals surface area contributed by atoms with Crippen molar-refractivity contribution in [1.82, 2.24) is 0 Å². The summed E-state index contributed by atoms with van der Waals surface area (Å²) in [4.78, 5) is 0. The van der Waals surface area contributed by atoms with Gasteiger partial charge in [0.1, 0.15) is 12.4 Å². The molecule has 100 valence electrons. The van der Waals surface area contributed by atoms with Crippen molar-refractivity contribution in [3.8, 4) is 5.75 Å². The molecule has 2 aromatic carbocycles. The Labute approximate surface area is 130 Å². The van der Waals surface area contributed by atoms with E-state index in [9.17, 15) is 0 Å². The molecule has 0 spiro atoms. The molecular formula is C14H12BrCl2NO. The molecule has 0 aliphatic rings. The van der Waals surface area contributed by atoms with Gasteiger partial charge in [0.05, 0.1) is 15.7 Å². The zero-order valence-corrected chi connectivity index (χ0v) is 13.1. The van der Waals surface area contributed by atoms with E-state index in [1.807, 2.05) is 36.4 Å². The van der Waals surface area contributed by atoms with Crippen LogP contribution in [-0.2, 0) is 0 Å². The molecule has 1 N–H and O–H groups in total. The molecule has 5 heteroatoms. The lowest BCUT2D eigenvalue weighted by atomic mass is 10.3. The molecule has 0 saturated heterocycles. The predicted molar refractivity (Wildman–Crippen MR) is 84.6 cm³/mol. The van der Waals surface area contributed by atoms with Crippen LogP contribution >= 0.6 is 39.1 Å². The van der Waals surface area contributed by atoms with E-state index >= 15 is 0 Å². The van der Waals surface area contributed by atoms with E-state index in [-0.39, 0.29) is 0 Å². The van der Waals surface area contributed by atoms with Crippen molar-refractivity contribution in [1.29, 1.82) is 0 Å². The first kappa shape index (κ1) is 14.5. The average Bonchev–Trinajstić information content (AvgIpc) is 2.39. The van der Waals surface area contributed by atoms with Gasteiger partial charge in [-0.1, -0.05) is 51.3 Å². The van der Waals surface area contributed by atoms with Crippen molar-refractivity contribution >= 4 is 44.8 Å². The standard InChI is InChI=1S/C14H12BrCl2NO/c15-10-3-1-4-11(9-10)19-8-7-18-13-6-2-5-12(16)14(13)17/h1-6,9,18H,7-8H2. The number of anilines is 1. The molecule has 2 nitrogen and oxygen atoms in total. The Morgan fingerprint density at radius 2 is 1.89 bits per heavy atom. The summed E-state index contributed by atoms with van der Waals surface area (Å²) in [7, 11) is 0. The normalized spacial score (nSPS) is 10.3. The van der Waals surface area contributed by atoms with Crippen LogP contribution in [-0.4, -0.2) is 13.2 Å². The van der Waals surface area contributed by atoms with Crippen molar-refractivity contribution in [2.24, 2.45) is 0 Å². The summed E-state index contributed by atoms with van der Waals surface area (Å²) in [6.45, 7) is 1.19. The molecule has 2 aromatic rings. The third kappa shape index (κ3) is 4.30. The molecule has 0 aliphatic carbocycles. The minimum absolute atomic E-state index is 0.534. The molecule has 0 atom stereocenters. The van der Waals surface area contributed by atoms with E-state index in [0.717, 1.165) is 15.9 Å². The molecule has 0 aromatic heterocycles. The largest absolute Gasteiger partial charge is 0.492 e. The highest BCUT2D eigenvalue weighted by Gasteiger charge is 2.03. The highest BCUT2D eigenvalue weighted by Crippen LogP contribution is 2.29. The summed E-state index contributed by atoms with van der Waals surface area (Å²) in [5.41, 5.74) is 0.812. The van der Waals surface area contributed by atoms with Gasteiger partial charge in [-0.25, -0.2) is 0 Å². The number of hydrogen-bond donors (Lipinski definition) is 1. The lowest BCUT2D eigenvalue weighted by molar-refractivity contribution is 0.332. The van der Waals surface area contributed by atoms with Gasteiger partial charge in [0.2, 0.25) is 0 Å². The second-order valence-corrected chi connectivity index (χ2v) is 5.53. The SMILES string of the molecule is Clc1cccc(NCCOc2cccc(Br)c2)c1Cl. The van der Waals surface area contributed by atoms with Crippen LogP contribution < -0.4 is 10.1 Å². The first-order chi connectivity index (χ1) is 9.16. The van der Waals surface area contributed by atoms with Crippen LogP contribution in [0.2, 0.25) is 10.0 Å². The third-order valence-electron chi connectivity index (χ3n) is 2.43. The zero-order valence-electron chi connectivity index (χ0n) is 10.00. The quantitative estimate of drug-likeness (QED) is 0.735. The number of hydrogen-bond acceptors (Lipinski definition) is 2. The maximum Gasteiger partial charge on any atom is 0.120 e. The molecule has 0 aliphatic heterocycles. The van der Waals surface area contributed by atoms with Crippen LogP contribution in [0.3, 0.4) is 0 Å². The Hall–Kier alpha value is -0.900. The number of ether oxygens (including phenoxy) is 1. The molecule has 2 rings (SSSR count). The summed E-state index contributed by atoms with van der Waals surface area (Å²) in [6.07, 6.45) is 0. The second-order valence-electron chi connectivity index (χ2n) is 3.83. The molecule has 0 bridgehead atoms. The molecule has 0 radical (unpaired) electrons. The van der Waals surface area contributed by atoms with Gasteiger partial charge in [-0.05, 0) is 30.3 Å². The first-order valence-electron chi connectivity index (χ1n) is 5.73. The number of rotatable bonds is 5. The summed E-state index contributed by atoms with van der Waals surface area (Å²) >= 11 is 15.4. The van der Waals surface area contributed by atoms with Crippen molar-refractivity contribution < 1.29 is 4.74 Å². The fourth-order valence-electron chi connectivity index (χ4n) is 1.55. The monoisotopic (exact) mass is 359 g/mol. The molecule has 0 unspecified atom stereocenters. The maximum absolute atomic E-state index is 6.07. The van der Waals surface area contributed by atoms with E-state index in [4.69, 9.17) is 27.9 Å². The van der Waals surface area contributed by atoms with Crippen LogP contribution in [0, 0.1) is 0 Å². The molecule has 0 heterocycles. The van der Waals surface area contributed by atoms with Gasteiger partial charge in [-0.15, -0.1) is 0 Å². The third-order valence-corrected chi connectivity index (χ3v) is 3.75. The minimum atomic E-state index is 0.534. The van der Waals surface area contributed by atoms with E-state index in [1.165, 1.54) is 0 Å². The van der Waals surface area contributed by atoms with Crippen molar-refractivity contribution in [2.75, 3.05) is 18.5 Å². The van der Waals surface area contributed by atoms with Crippen molar-refractivity contribution in [3.63, 3.8) is 0 Å². The van der Waals surface area contributed by atoms with Crippen molar-refractivity contribution in [2.45, 2.75) is 0 Å². The van der Waals surface area contributed by atoms with Crippen molar-refractivity contribution in [3.05, 3.63) is 57.0 Å². The highest BCUT2D eigenvalue weighted by atomic mass is 79.9. The van der Waals surface area contributed by atoms with Crippen LogP contribution in [0.4, 0.5) is 5.69 Å². The fraction of sp³-hybridized carbons (Fsp3) is 0.143. The lowest BCUT2D eigenvalue weighted by Gasteiger charge is -2.10. The topological polar surface area (TPSA) is 21.3 Å². The molecule has 19 heavy (non-hydrogen) atoms. The van der Waals surface area contributed by atoms with Gasteiger partial charge in [0, 0.05) is 11.0 Å². The maximum atomic E-state index is 6.07. The summed E-state index contributed by atoms with van der Waals surface area (Å²) < 4.78 is 6.61. The van der Waals surface area contributed by atoms with Gasteiger partial charge < -0.3 is 10.1 Å². The highest BCUT2D eigenvalue weighted by molar-refractivity contribution is 9.10. The predicted octanol–water partition coefficient (Wildman–Crippen LogP) is 5.25. The number of halogens is 3. The van der Waals surface area contributed by atoms with Gasteiger partial charge in [-0.2, -0.15) is 0 Å². The Bertz CT molecular complexity index is 563. The molecule has 0 amide bonds. The summed E-state index contributed by atoms with van der Waals surface area (Å²) in [5.74, 6) is 0.827. The van der Waals surface area contributed by atoms with Gasteiger partial charge in [-0.3, -0.25) is 0 Å². The van der Waals surface area contributed by atoms with E-state index in [0.29, 0.717) is 23.2 Å². The smallest absolute Gasteiger partial charge is 0.120 e. The zero-order chi connectivity index (χ0) is 13.7. The van der Waals surface area contributed by atoms with E-state index in [1.54, 1.807) is 6.07 Å². The van der Waals surface area contributed by atoms with Crippen LogP contribution in [0.15, 0.2) is 46.9 Å². The van der Waals surface area contributed by atoms with E-state index in [2.05, 4.69) is 21.2 Å². The fourth-order valence-corrected chi connectivity index (χ4v) is 2.30. The Morgan fingerprint density at radius 3 is 2.68 bits per heavy atom. The van der Waals surface area contributed by atoms with Gasteiger partial charge in [0.25, 0.3) is 0 Å². The van der Waals surface area contributed by atoms with E-state index < -0.39 is 0 Å². The Kier molecular flexibility index (Phi) is 5.37. The van der Waals surface area contributed by atoms with Gasteiger partial charge in [0.15, 0.2) is 0 Å². The lowest BCUT2D eigenvalue weighted by Crippen LogP contribution is -2.11. The second kappa shape index (κ2) is 7.04.